The smallest absolute Gasteiger partial charge is 0.252 e. The van der Waals surface area contributed by atoms with Crippen molar-refractivity contribution in [2.75, 3.05) is 26.7 Å². The summed E-state index contributed by atoms with van der Waals surface area (Å²) in [5.74, 6) is -1.06. The highest BCUT2D eigenvalue weighted by Gasteiger charge is 2.31. The molecule has 2 aromatic rings. The lowest BCUT2D eigenvalue weighted by atomic mass is 9.98. The molecule has 15 nitrogen and oxygen atoms in total. The summed E-state index contributed by atoms with van der Waals surface area (Å²) in [6.45, 7) is 10.9. The van der Waals surface area contributed by atoms with E-state index in [9.17, 15) is 24.3 Å². The van der Waals surface area contributed by atoms with Crippen LogP contribution in [0.15, 0.2) is 24.4 Å². The Morgan fingerprint density at radius 3 is 2.49 bits per heavy atom. The van der Waals surface area contributed by atoms with E-state index in [2.05, 4.69) is 26.3 Å². The minimum absolute atomic E-state index is 0.0212. The largest absolute Gasteiger partial charge is 0.493 e. The molecule has 49 heavy (non-hydrogen) atoms. The van der Waals surface area contributed by atoms with E-state index in [0.29, 0.717) is 56.1 Å². The number of carbonyl (C=O) groups is 4. The standard InChI is InChI=1S/C34H54N8O7/c1-7-22(4)29(35)34(47)41-14-9-8-13-36-33(46)30(23(5)43)38-32(45)26(17-21(2)3)37-31(44)24-11-12-27(48-6)28(18-24)49-20-25-19-42(40-39-25)16-10-15-41/h11-12,18-19,21-23,26,29-30,43H,7-10,13-17,20,35H2,1-6H3,(H,36,46)(H,37,44)(H,38,45)/t22-,23+,26+,29-,30-/m0/s1. The molecule has 6 N–H and O–H groups in total. The second kappa shape index (κ2) is 19.1. The molecule has 4 bridgehead atoms. The summed E-state index contributed by atoms with van der Waals surface area (Å²) in [7, 11) is 1.48. The number of amides is 4. The van der Waals surface area contributed by atoms with Gasteiger partial charge in [-0.3, -0.25) is 23.9 Å². The van der Waals surface area contributed by atoms with Crippen LogP contribution >= 0.6 is 0 Å². The van der Waals surface area contributed by atoms with Crippen molar-refractivity contribution in [2.45, 2.75) is 104 Å². The van der Waals surface area contributed by atoms with E-state index in [4.69, 9.17) is 15.2 Å². The molecule has 2 heterocycles. The Labute approximate surface area is 288 Å². The van der Waals surface area contributed by atoms with Gasteiger partial charge in [0.1, 0.15) is 24.4 Å². The SMILES string of the molecule is CC[C@H](C)[C@H](N)C(=O)N1CCCCNC(=O)[C@H]([C@@H](C)O)NC(=O)[C@@H](CC(C)C)NC(=O)c2ccc(OC)c(c2)OCc2cn(nn2)CCC1. The number of hydrogen-bond donors (Lipinski definition) is 5. The Balaban J connectivity index is 1.88. The molecule has 4 amide bonds. The van der Waals surface area contributed by atoms with Crippen molar-refractivity contribution in [3.63, 3.8) is 0 Å². The van der Waals surface area contributed by atoms with Gasteiger partial charge in [0.05, 0.1) is 25.5 Å². The predicted molar refractivity (Wildman–Crippen MR) is 183 cm³/mol. The van der Waals surface area contributed by atoms with Crippen molar-refractivity contribution in [3.8, 4) is 11.5 Å². The van der Waals surface area contributed by atoms with Crippen molar-refractivity contribution >= 4 is 23.6 Å². The van der Waals surface area contributed by atoms with Gasteiger partial charge in [-0.25, -0.2) is 0 Å². The number of aryl methyl sites for hydroxylation is 1. The highest BCUT2D eigenvalue weighted by molar-refractivity contribution is 5.99. The molecule has 272 valence electrons. The van der Waals surface area contributed by atoms with Gasteiger partial charge in [-0.2, -0.15) is 0 Å². The number of methoxy groups -OCH3 is 1. The molecule has 1 aromatic heterocycles. The number of benzene rings is 1. The van der Waals surface area contributed by atoms with Crippen LogP contribution < -0.4 is 31.2 Å². The number of fused-ring (bicyclic) bond motifs is 4. The van der Waals surface area contributed by atoms with E-state index in [1.807, 2.05) is 27.7 Å². The molecular formula is C34H54N8O7. The number of nitrogens with zero attached hydrogens (tertiary/aromatic N) is 4. The summed E-state index contributed by atoms with van der Waals surface area (Å²) >= 11 is 0. The van der Waals surface area contributed by atoms with E-state index in [0.717, 1.165) is 6.42 Å². The zero-order valence-corrected chi connectivity index (χ0v) is 29.6. The first-order chi connectivity index (χ1) is 23.3. The average molecular weight is 687 g/mol. The quantitative estimate of drug-likeness (QED) is 0.283. The van der Waals surface area contributed by atoms with E-state index in [-0.39, 0.29) is 42.9 Å². The first kappa shape index (κ1) is 39.2. The molecule has 1 aliphatic heterocycles. The Hall–Kier alpha value is -4.24. The van der Waals surface area contributed by atoms with Gasteiger partial charge < -0.3 is 41.2 Å². The molecule has 0 aliphatic carbocycles. The van der Waals surface area contributed by atoms with Crippen LogP contribution in [0.25, 0.3) is 0 Å². The highest BCUT2D eigenvalue weighted by Crippen LogP contribution is 2.29. The third-order valence-corrected chi connectivity index (χ3v) is 8.60. The van der Waals surface area contributed by atoms with E-state index in [1.165, 1.54) is 20.1 Å². The van der Waals surface area contributed by atoms with Gasteiger partial charge in [0, 0.05) is 31.7 Å². The van der Waals surface area contributed by atoms with Crippen LogP contribution in [0.2, 0.25) is 0 Å². The minimum atomic E-state index is -1.24. The van der Waals surface area contributed by atoms with Crippen LogP contribution in [0.1, 0.15) is 82.8 Å². The maximum absolute atomic E-state index is 13.4. The Morgan fingerprint density at radius 1 is 1.08 bits per heavy atom. The summed E-state index contributed by atoms with van der Waals surface area (Å²) in [6.07, 6.45) is 3.39. The molecule has 15 heteroatoms. The first-order valence-electron chi connectivity index (χ1n) is 17.2. The fourth-order valence-corrected chi connectivity index (χ4v) is 5.41. The Morgan fingerprint density at radius 2 is 1.82 bits per heavy atom. The molecule has 0 fully saturated rings. The minimum Gasteiger partial charge on any atom is -0.493 e. The van der Waals surface area contributed by atoms with Crippen LogP contribution in [-0.2, 0) is 27.5 Å². The average Bonchev–Trinajstić information content (AvgIpc) is 3.53. The molecule has 5 atom stereocenters. The fourth-order valence-electron chi connectivity index (χ4n) is 5.41. The zero-order chi connectivity index (χ0) is 36.1. The zero-order valence-electron chi connectivity index (χ0n) is 29.6. The molecule has 0 spiro atoms. The molecule has 0 radical (unpaired) electrons. The van der Waals surface area contributed by atoms with Gasteiger partial charge in [-0.05, 0) is 62.6 Å². The number of aromatic nitrogens is 3. The number of ether oxygens (including phenoxy) is 2. The predicted octanol–water partition coefficient (Wildman–Crippen LogP) is 1.38. The first-order valence-corrected chi connectivity index (χ1v) is 17.2. The molecule has 0 saturated carbocycles. The number of carbonyl (C=O) groups excluding carboxylic acids is 4. The fraction of sp³-hybridized carbons (Fsp3) is 0.647. The Bertz CT molecular complexity index is 1400. The molecule has 1 aliphatic rings. The summed E-state index contributed by atoms with van der Waals surface area (Å²) < 4.78 is 13.1. The van der Waals surface area contributed by atoms with Crippen molar-refractivity contribution in [1.29, 1.82) is 0 Å². The van der Waals surface area contributed by atoms with E-state index < -0.39 is 42.0 Å². The van der Waals surface area contributed by atoms with Gasteiger partial charge in [-0.15, -0.1) is 5.10 Å². The highest BCUT2D eigenvalue weighted by atomic mass is 16.5. The lowest BCUT2D eigenvalue weighted by Gasteiger charge is -2.28. The summed E-state index contributed by atoms with van der Waals surface area (Å²) in [6, 6.07) is 1.81. The number of aliphatic hydroxyl groups is 1. The monoisotopic (exact) mass is 686 g/mol. The lowest BCUT2D eigenvalue weighted by molar-refractivity contribution is -0.134. The summed E-state index contributed by atoms with van der Waals surface area (Å²) in [5.41, 5.74) is 7.11. The van der Waals surface area contributed by atoms with Crippen molar-refractivity contribution in [3.05, 3.63) is 35.7 Å². The van der Waals surface area contributed by atoms with Crippen LogP contribution in [0, 0.1) is 11.8 Å². The van der Waals surface area contributed by atoms with Gasteiger partial charge in [0.15, 0.2) is 11.5 Å². The van der Waals surface area contributed by atoms with Crippen molar-refractivity contribution in [2.24, 2.45) is 17.6 Å². The number of nitrogens with two attached hydrogens (primary N) is 1. The van der Waals surface area contributed by atoms with Crippen molar-refractivity contribution < 1.29 is 33.8 Å². The van der Waals surface area contributed by atoms with Gasteiger partial charge >= 0.3 is 0 Å². The lowest BCUT2D eigenvalue weighted by Crippen LogP contribution is -2.57. The molecule has 0 saturated heterocycles. The second-order valence-corrected chi connectivity index (χ2v) is 13.1. The Kier molecular flexibility index (Phi) is 15.3. The molecule has 3 rings (SSSR count). The third-order valence-electron chi connectivity index (χ3n) is 8.60. The van der Waals surface area contributed by atoms with Crippen LogP contribution in [0.4, 0.5) is 0 Å². The molecule has 0 unspecified atom stereocenters. The maximum atomic E-state index is 13.4. The van der Waals surface area contributed by atoms with Crippen LogP contribution in [-0.4, -0.2) is 99.6 Å². The van der Waals surface area contributed by atoms with Crippen LogP contribution in [0.5, 0.6) is 11.5 Å². The number of hydrogen-bond acceptors (Lipinski definition) is 10. The summed E-state index contributed by atoms with van der Waals surface area (Å²) in [5, 5.41) is 27.0. The third kappa shape index (κ3) is 11.7. The van der Waals surface area contributed by atoms with Crippen molar-refractivity contribution in [1.82, 2.24) is 35.8 Å². The molecular weight excluding hydrogens is 632 g/mol. The topological polar surface area (TPSA) is 203 Å². The number of aliphatic hydroxyl groups excluding tert-OH is 1. The number of rotatable bonds is 7. The van der Waals surface area contributed by atoms with E-state index in [1.54, 1.807) is 27.9 Å². The van der Waals surface area contributed by atoms with Gasteiger partial charge in [-0.1, -0.05) is 39.3 Å². The molecule has 1 aromatic carbocycles. The maximum Gasteiger partial charge on any atom is 0.252 e. The normalized spacial score (nSPS) is 20.9. The van der Waals surface area contributed by atoms with Gasteiger partial charge in [0.25, 0.3) is 5.91 Å². The summed E-state index contributed by atoms with van der Waals surface area (Å²) in [4.78, 5) is 55.0. The van der Waals surface area contributed by atoms with Crippen LogP contribution in [0.3, 0.4) is 0 Å². The second-order valence-electron chi connectivity index (χ2n) is 13.1. The number of nitrogens with one attached hydrogen (secondary N) is 3. The van der Waals surface area contributed by atoms with E-state index >= 15 is 0 Å². The van der Waals surface area contributed by atoms with Gasteiger partial charge in [0.2, 0.25) is 17.7 Å².